The molecule has 16 heavy (non-hydrogen) atoms. The molecule has 4 N–H and O–H groups in total. The number of hydrogen-bond donors (Lipinski definition) is 3. The van der Waals surface area contributed by atoms with Crippen LogP contribution in [-0.2, 0) is 4.79 Å². The lowest BCUT2D eigenvalue weighted by molar-refractivity contribution is -0.122. The molecule has 0 aliphatic heterocycles. The van der Waals surface area contributed by atoms with E-state index in [-0.39, 0.29) is 24.9 Å². The van der Waals surface area contributed by atoms with Gasteiger partial charge in [-0.25, -0.2) is 0 Å². The Morgan fingerprint density at radius 2 is 2.00 bits per heavy atom. The smallest absolute Gasteiger partial charge is 0.236 e. The summed E-state index contributed by atoms with van der Waals surface area (Å²) in [4.78, 5) is 11.1. The average Bonchev–Trinajstić information content (AvgIpc) is 2.26. The molecule has 90 valence electrons. The summed E-state index contributed by atoms with van der Waals surface area (Å²) in [5.74, 6) is -0.259. The average molecular weight is 245 g/mol. The minimum absolute atomic E-state index is 0. The van der Waals surface area contributed by atoms with Crippen LogP contribution in [0.5, 0.6) is 0 Å². The Labute approximate surface area is 101 Å². The lowest BCUT2D eigenvalue weighted by Gasteiger charge is -2.13. The van der Waals surface area contributed by atoms with E-state index in [4.69, 9.17) is 5.73 Å². The standard InChI is InChI=1S/C11H16N2O2.ClH/c1-8(12)11(15)13-7-10(14)9-5-3-2-4-6-9;/h2-6,8,10,14H,7,12H2,1H3,(H,13,15);1H. The number of nitrogens with two attached hydrogens (primary N) is 1. The van der Waals surface area contributed by atoms with Crippen molar-refractivity contribution in [3.63, 3.8) is 0 Å². The Kier molecular flexibility index (Phi) is 6.72. The van der Waals surface area contributed by atoms with Crippen LogP contribution in [0.3, 0.4) is 0 Å². The van der Waals surface area contributed by atoms with Gasteiger partial charge in [0.1, 0.15) is 0 Å². The Balaban J connectivity index is 0.00000225. The van der Waals surface area contributed by atoms with Gasteiger partial charge in [-0.05, 0) is 12.5 Å². The summed E-state index contributed by atoms with van der Waals surface area (Å²) < 4.78 is 0. The molecule has 0 heterocycles. The minimum Gasteiger partial charge on any atom is -0.387 e. The zero-order valence-electron chi connectivity index (χ0n) is 9.09. The van der Waals surface area contributed by atoms with Gasteiger partial charge in [0.2, 0.25) is 5.91 Å². The summed E-state index contributed by atoms with van der Waals surface area (Å²) in [6, 6.07) is 8.62. The summed E-state index contributed by atoms with van der Waals surface area (Å²) >= 11 is 0. The number of nitrogens with one attached hydrogen (secondary N) is 1. The van der Waals surface area contributed by atoms with Crippen LogP contribution in [-0.4, -0.2) is 23.6 Å². The SMILES string of the molecule is CC(N)C(=O)NCC(O)c1ccccc1.Cl. The molecule has 0 aliphatic rings. The summed E-state index contributed by atoms with van der Waals surface area (Å²) in [7, 11) is 0. The number of carbonyl (C=O) groups excluding carboxylic acids is 1. The molecule has 1 aromatic rings. The fraction of sp³-hybridized carbons (Fsp3) is 0.364. The van der Waals surface area contributed by atoms with Gasteiger partial charge in [0.25, 0.3) is 0 Å². The molecule has 4 nitrogen and oxygen atoms in total. The molecule has 0 bridgehead atoms. The quantitative estimate of drug-likeness (QED) is 0.726. The first kappa shape index (κ1) is 14.9. The van der Waals surface area contributed by atoms with Crippen LogP contribution in [0.1, 0.15) is 18.6 Å². The van der Waals surface area contributed by atoms with Gasteiger partial charge in [0, 0.05) is 6.54 Å². The fourth-order valence-electron chi connectivity index (χ4n) is 1.15. The van der Waals surface area contributed by atoms with Crippen molar-refractivity contribution < 1.29 is 9.90 Å². The highest BCUT2D eigenvalue weighted by Gasteiger charge is 2.10. The van der Waals surface area contributed by atoms with Crippen LogP contribution in [0.2, 0.25) is 0 Å². The van der Waals surface area contributed by atoms with Crippen LogP contribution >= 0.6 is 12.4 Å². The van der Waals surface area contributed by atoms with Crippen molar-refractivity contribution in [3.05, 3.63) is 35.9 Å². The Morgan fingerprint density at radius 1 is 1.44 bits per heavy atom. The number of rotatable bonds is 4. The molecule has 1 aromatic carbocycles. The molecule has 0 saturated carbocycles. The first-order valence-corrected chi connectivity index (χ1v) is 4.87. The Morgan fingerprint density at radius 3 is 2.50 bits per heavy atom. The summed E-state index contributed by atoms with van der Waals surface area (Å²) in [6.07, 6.45) is -0.686. The van der Waals surface area contributed by atoms with Crippen LogP contribution in [0, 0.1) is 0 Å². The zero-order valence-corrected chi connectivity index (χ0v) is 9.91. The van der Waals surface area contributed by atoms with Crippen LogP contribution in [0.4, 0.5) is 0 Å². The maximum atomic E-state index is 11.1. The second-order valence-corrected chi connectivity index (χ2v) is 3.46. The van der Waals surface area contributed by atoms with E-state index >= 15 is 0 Å². The van der Waals surface area contributed by atoms with E-state index in [1.807, 2.05) is 30.3 Å². The van der Waals surface area contributed by atoms with Gasteiger partial charge in [-0.3, -0.25) is 4.79 Å². The number of benzene rings is 1. The maximum absolute atomic E-state index is 11.1. The van der Waals surface area contributed by atoms with Crippen LogP contribution < -0.4 is 11.1 Å². The molecule has 2 unspecified atom stereocenters. The number of carbonyl (C=O) groups is 1. The second kappa shape index (κ2) is 7.22. The summed E-state index contributed by atoms with van der Waals surface area (Å²) in [5, 5.41) is 12.3. The monoisotopic (exact) mass is 244 g/mol. The summed E-state index contributed by atoms with van der Waals surface area (Å²) in [6.45, 7) is 1.79. The zero-order chi connectivity index (χ0) is 11.3. The number of hydrogen-bond acceptors (Lipinski definition) is 3. The Hall–Kier alpha value is -1.10. The van der Waals surface area contributed by atoms with E-state index in [0.717, 1.165) is 5.56 Å². The third-order valence-electron chi connectivity index (χ3n) is 2.07. The molecule has 5 heteroatoms. The molecule has 0 fully saturated rings. The normalized spacial score (nSPS) is 13.4. The van der Waals surface area contributed by atoms with E-state index in [9.17, 15) is 9.90 Å². The van der Waals surface area contributed by atoms with Gasteiger partial charge < -0.3 is 16.2 Å². The summed E-state index contributed by atoms with van der Waals surface area (Å²) in [5.41, 5.74) is 6.15. The molecule has 0 radical (unpaired) electrons. The molecule has 0 spiro atoms. The van der Waals surface area contributed by atoms with Crippen molar-refractivity contribution >= 4 is 18.3 Å². The minimum atomic E-state index is -0.686. The van der Waals surface area contributed by atoms with Gasteiger partial charge in [-0.15, -0.1) is 12.4 Å². The molecule has 1 rings (SSSR count). The molecule has 2 atom stereocenters. The molecule has 0 saturated heterocycles. The molecule has 1 amide bonds. The number of aliphatic hydroxyl groups excluding tert-OH is 1. The van der Waals surface area contributed by atoms with E-state index in [1.54, 1.807) is 6.92 Å². The first-order valence-electron chi connectivity index (χ1n) is 4.87. The van der Waals surface area contributed by atoms with Crippen molar-refractivity contribution in [1.82, 2.24) is 5.32 Å². The third kappa shape index (κ3) is 4.61. The topological polar surface area (TPSA) is 75.4 Å². The predicted molar refractivity (Wildman–Crippen MR) is 65.3 cm³/mol. The Bertz CT molecular complexity index is 317. The largest absolute Gasteiger partial charge is 0.387 e. The second-order valence-electron chi connectivity index (χ2n) is 3.46. The molecule has 0 aromatic heterocycles. The highest BCUT2D eigenvalue weighted by molar-refractivity contribution is 5.85. The first-order chi connectivity index (χ1) is 7.11. The van der Waals surface area contributed by atoms with Gasteiger partial charge in [-0.2, -0.15) is 0 Å². The lowest BCUT2D eigenvalue weighted by Crippen LogP contribution is -2.40. The van der Waals surface area contributed by atoms with Gasteiger partial charge in [-0.1, -0.05) is 30.3 Å². The highest BCUT2D eigenvalue weighted by Crippen LogP contribution is 2.10. The van der Waals surface area contributed by atoms with Crippen molar-refractivity contribution in [2.24, 2.45) is 5.73 Å². The van der Waals surface area contributed by atoms with E-state index in [0.29, 0.717) is 0 Å². The van der Waals surface area contributed by atoms with E-state index in [2.05, 4.69) is 5.32 Å². The lowest BCUT2D eigenvalue weighted by atomic mass is 10.1. The van der Waals surface area contributed by atoms with Crippen LogP contribution in [0.15, 0.2) is 30.3 Å². The molecular formula is C11H17ClN2O2. The number of amides is 1. The van der Waals surface area contributed by atoms with Gasteiger partial charge >= 0.3 is 0 Å². The van der Waals surface area contributed by atoms with E-state index < -0.39 is 12.1 Å². The van der Waals surface area contributed by atoms with Gasteiger partial charge in [0.05, 0.1) is 12.1 Å². The van der Waals surface area contributed by atoms with Crippen LogP contribution in [0.25, 0.3) is 0 Å². The molecular weight excluding hydrogens is 228 g/mol. The third-order valence-corrected chi connectivity index (χ3v) is 2.07. The number of halogens is 1. The van der Waals surface area contributed by atoms with Crippen molar-refractivity contribution in [2.75, 3.05) is 6.54 Å². The van der Waals surface area contributed by atoms with Crippen molar-refractivity contribution in [2.45, 2.75) is 19.1 Å². The highest BCUT2D eigenvalue weighted by atomic mass is 35.5. The molecule has 0 aliphatic carbocycles. The van der Waals surface area contributed by atoms with Gasteiger partial charge in [0.15, 0.2) is 0 Å². The van der Waals surface area contributed by atoms with E-state index in [1.165, 1.54) is 0 Å². The van der Waals surface area contributed by atoms with Crippen molar-refractivity contribution in [3.8, 4) is 0 Å². The predicted octanol–water partition coefficient (Wildman–Crippen LogP) is 0.605. The number of aliphatic hydroxyl groups is 1. The fourth-order valence-corrected chi connectivity index (χ4v) is 1.15. The maximum Gasteiger partial charge on any atom is 0.236 e. The van der Waals surface area contributed by atoms with Crippen molar-refractivity contribution in [1.29, 1.82) is 0 Å².